The summed E-state index contributed by atoms with van der Waals surface area (Å²) < 4.78 is 1.16. The van der Waals surface area contributed by atoms with E-state index in [1.54, 1.807) is 5.57 Å². The topological polar surface area (TPSA) is 29.1 Å². The van der Waals surface area contributed by atoms with Crippen LogP contribution in [0.3, 0.4) is 0 Å². The van der Waals surface area contributed by atoms with Gasteiger partial charge in [-0.3, -0.25) is 4.79 Å². The normalized spacial score (nSPS) is 22.2. The standard InChI is InChI=1S/C18H16INO/c19-14-5-6-17-15(10-14)16(18(21)20-17)9-11-7-12-3-1-2-4-13(12)8-11/h5-7,9-10H,1-4,8H2,(H,20,21). The third kappa shape index (κ3) is 2.37. The molecule has 2 aliphatic carbocycles. The molecule has 21 heavy (non-hydrogen) atoms. The molecule has 106 valence electrons. The molecule has 4 rings (SSSR count). The van der Waals surface area contributed by atoms with Crippen LogP contribution in [0.4, 0.5) is 5.69 Å². The summed E-state index contributed by atoms with van der Waals surface area (Å²) in [5.74, 6) is 0.0257. The smallest absolute Gasteiger partial charge is 0.256 e. The number of carbonyl (C=O) groups is 1. The highest BCUT2D eigenvalue weighted by Gasteiger charge is 2.25. The maximum absolute atomic E-state index is 12.2. The van der Waals surface area contributed by atoms with Crippen LogP contribution in [0.25, 0.3) is 5.57 Å². The van der Waals surface area contributed by atoms with Gasteiger partial charge in [0, 0.05) is 20.4 Å². The average Bonchev–Trinajstić information content (AvgIpc) is 3.01. The first-order valence-electron chi connectivity index (χ1n) is 7.45. The summed E-state index contributed by atoms with van der Waals surface area (Å²) in [7, 11) is 0. The van der Waals surface area contributed by atoms with E-state index in [4.69, 9.17) is 0 Å². The van der Waals surface area contributed by atoms with E-state index in [-0.39, 0.29) is 5.91 Å². The van der Waals surface area contributed by atoms with Crippen LogP contribution in [0.2, 0.25) is 0 Å². The van der Waals surface area contributed by atoms with Gasteiger partial charge in [-0.05, 0) is 90.1 Å². The number of allylic oxidation sites excluding steroid dienone is 5. The van der Waals surface area contributed by atoms with Gasteiger partial charge in [-0.2, -0.15) is 0 Å². The number of amides is 1. The fourth-order valence-corrected chi connectivity index (χ4v) is 3.96. The summed E-state index contributed by atoms with van der Waals surface area (Å²) in [5, 5.41) is 2.96. The van der Waals surface area contributed by atoms with Gasteiger partial charge in [0.05, 0.1) is 0 Å². The first-order valence-corrected chi connectivity index (χ1v) is 8.53. The van der Waals surface area contributed by atoms with Crippen LogP contribution >= 0.6 is 22.6 Å². The van der Waals surface area contributed by atoms with E-state index in [1.165, 1.54) is 36.8 Å². The molecule has 1 aromatic carbocycles. The van der Waals surface area contributed by atoms with Crippen molar-refractivity contribution in [1.82, 2.24) is 0 Å². The van der Waals surface area contributed by atoms with Gasteiger partial charge in [0.25, 0.3) is 5.91 Å². The van der Waals surface area contributed by atoms with Crippen LogP contribution in [-0.4, -0.2) is 5.91 Å². The number of hydrogen-bond acceptors (Lipinski definition) is 1. The maximum atomic E-state index is 12.2. The molecule has 1 aliphatic heterocycles. The Labute approximate surface area is 138 Å². The van der Waals surface area contributed by atoms with E-state index in [9.17, 15) is 4.79 Å². The van der Waals surface area contributed by atoms with Crippen molar-refractivity contribution in [2.45, 2.75) is 32.1 Å². The number of anilines is 1. The molecule has 3 aliphatic rings. The minimum atomic E-state index is 0.0257. The van der Waals surface area contributed by atoms with Crippen molar-refractivity contribution < 1.29 is 4.79 Å². The van der Waals surface area contributed by atoms with Gasteiger partial charge in [0.15, 0.2) is 0 Å². The van der Waals surface area contributed by atoms with Crippen molar-refractivity contribution in [1.29, 1.82) is 0 Å². The number of hydrogen-bond donors (Lipinski definition) is 1. The van der Waals surface area contributed by atoms with Crippen molar-refractivity contribution in [3.63, 3.8) is 0 Å². The summed E-state index contributed by atoms with van der Waals surface area (Å²) in [6.45, 7) is 0. The average molecular weight is 389 g/mol. The Balaban J connectivity index is 1.69. The molecule has 3 heteroatoms. The van der Waals surface area contributed by atoms with Crippen molar-refractivity contribution >= 4 is 39.8 Å². The predicted molar refractivity (Wildman–Crippen MR) is 94.0 cm³/mol. The molecule has 2 nitrogen and oxygen atoms in total. The van der Waals surface area contributed by atoms with Crippen LogP contribution < -0.4 is 5.32 Å². The number of nitrogens with one attached hydrogen (secondary N) is 1. The van der Waals surface area contributed by atoms with E-state index in [0.29, 0.717) is 0 Å². The lowest BCUT2D eigenvalue weighted by molar-refractivity contribution is -0.110. The van der Waals surface area contributed by atoms with Gasteiger partial charge < -0.3 is 5.32 Å². The monoisotopic (exact) mass is 389 g/mol. The van der Waals surface area contributed by atoms with E-state index >= 15 is 0 Å². The van der Waals surface area contributed by atoms with Crippen LogP contribution in [0.1, 0.15) is 37.7 Å². The van der Waals surface area contributed by atoms with Crippen LogP contribution in [0, 0.1) is 3.57 Å². The lowest BCUT2D eigenvalue weighted by Crippen LogP contribution is -2.03. The molecule has 0 unspecified atom stereocenters. The number of benzene rings is 1. The fraction of sp³-hybridized carbons (Fsp3) is 0.278. The molecule has 1 heterocycles. The van der Waals surface area contributed by atoms with Crippen molar-refractivity contribution in [3.8, 4) is 0 Å². The molecule has 0 spiro atoms. The summed E-state index contributed by atoms with van der Waals surface area (Å²) in [4.78, 5) is 12.2. The fourth-order valence-electron chi connectivity index (χ4n) is 3.47. The number of rotatable bonds is 1. The summed E-state index contributed by atoms with van der Waals surface area (Å²) in [5.41, 5.74) is 7.19. The molecule has 0 fully saturated rings. The molecule has 0 saturated heterocycles. The highest BCUT2D eigenvalue weighted by Crippen LogP contribution is 2.39. The van der Waals surface area contributed by atoms with E-state index in [2.05, 4.69) is 46.1 Å². The lowest BCUT2D eigenvalue weighted by Gasteiger charge is -2.12. The Morgan fingerprint density at radius 3 is 2.90 bits per heavy atom. The van der Waals surface area contributed by atoms with Gasteiger partial charge in [-0.25, -0.2) is 0 Å². The van der Waals surface area contributed by atoms with Crippen molar-refractivity contribution in [2.24, 2.45) is 0 Å². The Hall–Kier alpha value is -1.36. The molecule has 0 radical (unpaired) electrons. The van der Waals surface area contributed by atoms with Crippen LogP contribution in [0.15, 0.2) is 47.1 Å². The van der Waals surface area contributed by atoms with Gasteiger partial charge in [0.2, 0.25) is 0 Å². The van der Waals surface area contributed by atoms with Gasteiger partial charge in [0.1, 0.15) is 0 Å². The second kappa shape index (κ2) is 5.13. The maximum Gasteiger partial charge on any atom is 0.256 e. The highest BCUT2D eigenvalue weighted by molar-refractivity contribution is 14.1. The predicted octanol–water partition coefficient (Wildman–Crippen LogP) is 4.83. The Morgan fingerprint density at radius 2 is 2.05 bits per heavy atom. The highest BCUT2D eigenvalue weighted by atomic mass is 127. The molecule has 0 saturated carbocycles. The second-order valence-electron chi connectivity index (χ2n) is 5.93. The van der Waals surface area contributed by atoms with E-state index < -0.39 is 0 Å². The molecule has 0 bridgehead atoms. The zero-order valence-electron chi connectivity index (χ0n) is 11.7. The molecule has 0 atom stereocenters. The molecular formula is C18H16INO. The molecule has 1 N–H and O–H groups in total. The summed E-state index contributed by atoms with van der Waals surface area (Å²) in [6.07, 6.45) is 10.5. The Morgan fingerprint density at radius 1 is 1.19 bits per heavy atom. The molecule has 1 amide bonds. The van der Waals surface area contributed by atoms with Gasteiger partial charge in [-0.1, -0.05) is 11.6 Å². The van der Waals surface area contributed by atoms with Crippen molar-refractivity contribution in [2.75, 3.05) is 5.32 Å². The first-order chi connectivity index (χ1) is 10.2. The molecule has 1 aromatic rings. The summed E-state index contributed by atoms with van der Waals surface area (Å²) in [6, 6.07) is 6.10. The largest absolute Gasteiger partial charge is 0.321 e. The molecule has 0 aromatic heterocycles. The Kier molecular flexibility index (Phi) is 3.25. The van der Waals surface area contributed by atoms with Crippen LogP contribution in [-0.2, 0) is 4.79 Å². The van der Waals surface area contributed by atoms with Crippen LogP contribution in [0.5, 0.6) is 0 Å². The third-order valence-electron chi connectivity index (χ3n) is 4.50. The van der Waals surface area contributed by atoms with Gasteiger partial charge >= 0.3 is 0 Å². The van der Waals surface area contributed by atoms with Gasteiger partial charge in [-0.15, -0.1) is 0 Å². The molecular weight excluding hydrogens is 373 g/mol. The van der Waals surface area contributed by atoms with E-state index in [1.807, 2.05) is 12.1 Å². The summed E-state index contributed by atoms with van der Waals surface area (Å²) >= 11 is 2.29. The quantitative estimate of drug-likeness (QED) is 0.541. The van der Waals surface area contributed by atoms with E-state index in [0.717, 1.165) is 26.8 Å². The first kappa shape index (κ1) is 13.3. The zero-order valence-corrected chi connectivity index (χ0v) is 13.9. The number of halogens is 1. The lowest BCUT2D eigenvalue weighted by atomic mass is 9.93. The van der Waals surface area contributed by atoms with Crippen molar-refractivity contribution in [3.05, 3.63) is 56.2 Å². The second-order valence-corrected chi connectivity index (χ2v) is 7.18. The number of carbonyl (C=O) groups excluding carboxylic acids is 1. The SMILES string of the molecule is O=C1Nc2ccc(I)cc2C1=CC1=CC2=C(CCCC2)C1. The zero-order chi connectivity index (χ0) is 14.4. The number of fused-ring (bicyclic) bond motifs is 1. The third-order valence-corrected chi connectivity index (χ3v) is 5.17. The minimum Gasteiger partial charge on any atom is -0.321 e. The minimum absolute atomic E-state index is 0.0257. The Bertz CT molecular complexity index is 740.